The minimum atomic E-state index is 0.567. The largest absolute Gasteiger partial charge is 0.316 e. The lowest BCUT2D eigenvalue weighted by Gasteiger charge is -2.23. The molecule has 2 rings (SSSR count). The number of halogens is 1. The second-order valence-electron chi connectivity index (χ2n) is 4.88. The van der Waals surface area contributed by atoms with E-state index in [1.807, 2.05) is 0 Å². The van der Waals surface area contributed by atoms with Crippen LogP contribution in [0, 0.1) is 12.8 Å². The molecule has 0 aliphatic carbocycles. The minimum absolute atomic E-state index is 0.567. The summed E-state index contributed by atoms with van der Waals surface area (Å²) in [4.78, 5) is 0. The summed E-state index contributed by atoms with van der Waals surface area (Å²) in [6, 6.07) is 0.567. The number of rotatable bonds is 5. The van der Waals surface area contributed by atoms with Gasteiger partial charge < -0.3 is 5.32 Å². The van der Waals surface area contributed by atoms with Gasteiger partial charge in [-0.2, -0.15) is 16.9 Å². The molecule has 1 saturated heterocycles. The highest BCUT2D eigenvalue weighted by molar-refractivity contribution is 9.10. The Hall–Kier alpha value is -0.0000000000000000555. The molecule has 5 heteroatoms. The Kier molecular flexibility index (Phi) is 5.15. The quantitative estimate of drug-likeness (QED) is 0.899. The van der Waals surface area contributed by atoms with Crippen molar-refractivity contribution in [3.63, 3.8) is 0 Å². The first-order valence-corrected chi connectivity index (χ1v) is 8.58. The van der Waals surface area contributed by atoms with E-state index in [4.69, 9.17) is 0 Å². The van der Waals surface area contributed by atoms with Crippen molar-refractivity contribution < 1.29 is 0 Å². The minimum Gasteiger partial charge on any atom is -0.316 e. The summed E-state index contributed by atoms with van der Waals surface area (Å²) in [6.45, 7) is 5.17. The maximum absolute atomic E-state index is 4.58. The lowest BCUT2D eigenvalue weighted by atomic mass is 9.95. The van der Waals surface area contributed by atoms with Crippen LogP contribution in [0.3, 0.4) is 0 Å². The van der Waals surface area contributed by atoms with Crippen molar-refractivity contribution in [3.8, 4) is 0 Å². The molecule has 2 heterocycles. The molecule has 0 saturated carbocycles. The molecule has 1 N–H and O–H groups in total. The fraction of sp³-hybridized carbons (Fsp3) is 0.769. The summed E-state index contributed by atoms with van der Waals surface area (Å²) in [7, 11) is 2.08. The Labute approximate surface area is 122 Å². The number of aromatic nitrogens is 2. The van der Waals surface area contributed by atoms with E-state index in [1.165, 1.54) is 28.1 Å². The van der Waals surface area contributed by atoms with Gasteiger partial charge in [-0.15, -0.1) is 0 Å². The Morgan fingerprint density at radius 2 is 2.39 bits per heavy atom. The van der Waals surface area contributed by atoms with Crippen molar-refractivity contribution in [2.45, 2.75) is 39.3 Å². The van der Waals surface area contributed by atoms with Gasteiger partial charge in [0.1, 0.15) is 0 Å². The van der Waals surface area contributed by atoms with E-state index in [2.05, 4.69) is 63.7 Å². The molecule has 2 unspecified atom stereocenters. The average Bonchev–Trinajstić information content (AvgIpc) is 2.98. The Morgan fingerprint density at radius 1 is 1.61 bits per heavy atom. The van der Waals surface area contributed by atoms with Gasteiger partial charge in [0.15, 0.2) is 0 Å². The van der Waals surface area contributed by atoms with E-state index in [1.54, 1.807) is 0 Å². The van der Waals surface area contributed by atoms with E-state index in [0.29, 0.717) is 6.04 Å². The molecular weight excluding hydrogens is 310 g/mol. The molecule has 1 aromatic rings. The van der Waals surface area contributed by atoms with Crippen LogP contribution in [0.25, 0.3) is 0 Å². The number of aryl methyl sites for hydroxylation is 2. The van der Waals surface area contributed by atoms with Crippen molar-refractivity contribution in [3.05, 3.63) is 15.9 Å². The lowest BCUT2D eigenvalue weighted by Crippen LogP contribution is -2.36. The van der Waals surface area contributed by atoms with Crippen LogP contribution in [0.4, 0.5) is 0 Å². The first-order valence-electron chi connectivity index (χ1n) is 6.64. The number of thioether (sulfide) groups is 1. The fourth-order valence-electron chi connectivity index (χ4n) is 2.65. The van der Waals surface area contributed by atoms with Crippen LogP contribution in [0.5, 0.6) is 0 Å². The molecule has 2 atom stereocenters. The third-order valence-electron chi connectivity index (χ3n) is 3.77. The SMILES string of the molecule is CCn1nc(C)c(Br)c1CC(NC)C1CCSC1. The topological polar surface area (TPSA) is 29.9 Å². The predicted molar refractivity (Wildman–Crippen MR) is 82.3 cm³/mol. The summed E-state index contributed by atoms with van der Waals surface area (Å²) in [6.07, 6.45) is 2.41. The van der Waals surface area contributed by atoms with Gasteiger partial charge in [-0.05, 0) is 60.7 Å². The van der Waals surface area contributed by atoms with E-state index in [-0.39, 0.29) is 0 Å². The van der Waals surface area contributed by atoms with Crippen molar-refractivity contribution in [1.82, 2.24) is 15.1 Å². The monoisotopic (exact) mass is 331 g/mol. The second-order valence-corrected chi connectivity index (χ2v) is 6.83. The van der Waals surface area contributed by atoms with Crippen molar-refractivity contribution in [2.75, 3.05) is 18.6 Å². The molecule has 0 bridgehead atoms. The van der Waals surface area contributed by atoms with Crippen LogP contribution in [0.1, 0.15) is 24.7 Å². The molecule has 1 aliphatic heterocycles. The first-order chi connectivity index (χ1) is 8.67. The third kappa shape index (κ3) is 2.94. The van der Waals surface area contributed by atoms with Crippen molar-refractivity contribution in [2.24, 2.45) is 5.92 Å². The van der Waals surface area contributed by atoms with E-state index in [9.17, 15) is 0 Å². The molecule has 3 nitrogen and oxygen atoms in total. The molecule has 0 aromatic carbocycles. The zero-order valence-corrected chi connectivity index (χ0v) is 13.8. The van der Waals surface area contributed by atoms with Gasteiger partial charge >= 0.3 is 0 Å². The van der Waals surface area contributed by atoms with Crippen LogP contribution < -0.4 is 5.32 Å². The summed E-state index contributed by atoms with van der Waals surface area (Å²) in [5.41, 5.74) is 2.44. The molecule has 0 amide bonds. The van der Waals surface area contributed by atoms with Crippen LogP contribution in [-0.4, -0.2) is 34.4 Å². The standard InChI is InChI=1S/C13H22BrN3S/c1-4-17-12(13(14)9(2)16-17)7-11(15-3)10-5-6-18-8-10/h10-11,15H,4-8H2,1-3H3. The number of hydrogen-bond acceptors (Lipinski definition) is 3. The third-order valence-corrected chi connectivity index (χ3v) is 5.99. The smallest absolute Gasteiger partial charge is 0.0738 e. The van der Waals surface area contributed by atoms with Gasteiger partial charge in [0.25, 0.3) is 0 Å². The van der Waals surface area contributed by atoms with Crippen LogP contribution in [0.2, 0.25) is 0 Å². The molecule has 102 valence electrons. The van der Waals surface area contributed by atoms with E-state index < -0.39 is 0 Å². The summed E-state index contributed by atoms with van der Waals surface area (Å²) in [5, 5.41) is 8.08. The van der Waals surface area contributed by atoms with Gasteiger partial charge in [0, 0.05) is 19.0 Å². The van der Waals surface area contributed by atoms with Crippen LogP contribution in [-0.2, 0) is 13.0 Å². The average molecular weight is 332 g/mol. The van der Waals surface area contributed by atoms with Crippen LogP contribution >= 0.6 is 27.7 Å². The fourth-order valence-corrected chi connectivity index (χ4v) is 4.43. The predicted octanol–water partition coefficient (Wildman–Crippen LogP) is 2.86. The molecular formula is C13H22BrN3S. The van der Waals surface area contributed by atoms with Gasteiger partial charge in [-0.25, -0.2) is 0 Å². The molecule has 1 aromatic heterocycles. The summed E-state index contributed by atoms with van der Waals surface area (Å²) < 4.78 is 3.32. The molecule has 18 heavy (non-hydrogen) atoms. The highest BCUT2D eigenvalue weighted by Gasteiger charge is 2.26. The number of likely N-dealkylation sites (N-methyl/N-ethyl adjacent to an activating group) is 1. The second kappa shape index (κ2) is 6.44. The maximum atomic E-state index is 4.58. The van der Waals surface area contributed by atoms with E-state index in [0.717, 1.165) is 24.6 Å². The normalized spacial score (nSPS) is 21.4. The summed E-state index contributed by atoms with van der Waals surface area (Å²) >= 11 is 5.77. The zero-order chi connectivity index (χ0) is 13.1. The number of nitrogens with zero attached hydrogens (tertiary/aromatic N) is 2. The zero-order valence-electron chi connectivity index (χ0n) is 11.4. The number of nitrogens with one attached hydrogen (secondary N) is 1. The van der Waals surface area contributed by atoms with Crippen LogP contribution in [0.15, 0.2) is 4.47 Å². The molecule has 1 aliphatic rings. The highest BCUT2D eigenvalue weighted by atomic mass is 79.9. The number of hydrogen-bond donors (Lipinski definition) is 1. The van der Waals surface area contributed by atoms with Gasteiger partial charge in [-0.1, -0.05) is 0 Å². The van der Waals surface area contributed by atoms with Crippen molar-refractivity contribution in [1.29, 1.82) is 0 Å². The molecule has 0 spiro atoms. The van der Waals surface area contributed by atoms with Gasteiger partial charge in [0.2, 0.25) is 0 Å². The maximum Gasteiger partial charge on any atom is 0.0738 e. The molecule has 1 fully saturated rings. The first kappa shape index (κ1) is 14.4. The van der Waals surface area contributed by atoms with Crippen molar-refractivity contribution >= 4 is 27.7 Å². The lowest BCUT2D eigenvalue weighted by molar-refractivity contribution is 0.393. The Morgan fingerprint density at radius 3 is 2.94 bits per heavy atom. The highest BCUT2D eigenvalue weighted by Crippen LogP contribution is 2.30. The Bertz CT molecular complexity index is 399. The van der Waals surface area contributed by atoms with E-state index >= 15 is 0 Å². The Balaban J connectivity index is 2.15. The van der Waals surface area contributed by atoms with Gasteiger partial charge in [0.05, 0.1) is 15.9 Å². The molecule has 0 radical (unpaired) electrons. The van der Waals surface area contributed by atoms with Gasteiger partial charge in [-0.3, -0.25) is 4.68 Å². The summed E-state index contributed by atoms with van der Waals surface area (Å²) in [5.74, 6) is 3.41.